The molecule has 2 aromatic rings. The first-order valence-corrected chi connectivity index (χ1v) is 5.23. The maximum Gasteiger partial charge on any atom is 0.501 e. The number of benzene rings is 1. The Hall–Kier alpha value is -0.685. The molecule has 14 heavy (non-hydrogen) atoms. The number of anilines is 1. The molecule has 0 bridgehead atoms. The van der Waals surface area contributed by atoms with Crippen LogP contribution in [0.2, 0.25) is 0 Å². The van der Waals surface area contributed by atoms with Crippen LogP contribution in [0, 0.1) is 0 Å². The number of rotatable bonds is 1. The molecule has 0 aliphatic heterocycles. The molecule has 1 aromatic heterocycles. The van der Waals surface area contributed by atoms with Gasteiger partial charge in [-0.05, 0) is 12.1 Å². The van der Waals surface area contributed by atoms with Gasteiger partial charge in [-0.3, -0.25) is 0 Å². The average Bonchev–Trinajstić information content (AvgIpc) is 2.43. The lowest BCUT2D eigenvalue weighted by molar-refractivity contribution is 0.427. The standard InChI is InChI=1S/C8H8BNO2S2/c10-7-5-2-1-4(13)3-6(5)14-8(7)9(11)12/h1-3,11-13H,10H2. The van der Waals surface area contributed by atoms with Gasteiger partial charge in [0.1, 0.15) is 0 Å². The van der Waals surface area contributed by atoms with Gasteiger partial charge in [-0.15, -0.1) is 24.0 Å². The SMILES string of the molecule is Nc1c(B(O)O)sc2cc(S)ccc12. The second kappa shape index (κ2) is 3.47. The summed E-state index contributed by atoms with van der Waals surface area (Å²) in [4.78, 5) is 0.831. The van der Waals surface area contributed by atoms with E-state index in [0.29, 0.717) is 10.5 Å². The number of thiophene rings is 1. The summed E-state index contributed by atoms with van der Waals surface area (Å²) in [5.74, 6) is 0. The number of fused-ring (bicyclic) bond motifs is 1. The molecule has 72 valence electrons. The Balaban J connectivity index is 2.73. The molecule has 1 heterocycles. The monoisotopic (exact) mass is 225 g/mol. The largest absolute Gasteiger partial charge is 0.501 e. The van der Waals surface area contributed by atoms with E-state index >= 15 is 0 Å². The lowest BCUT2D eigenvalue weighted by Crippen LogP contribution is -2.28. The second-order valence-corrected chi connectivity index (χ2v) is 4.53. The van der Waals surface area contributed by atoms with Crippen LogP contribution in [0.4, 0.5) is 5.69 Å². The normalized spacial score (nSPS) is 10.8. The first-order chi connectivity index (χ1) is 6.59. The highest BCUT2D eigenvalue weighted by Gasteiger charge is 2.19. The molecule has 6 heteroatoms. The van der Waals surface area contributed by atoms with Gasteiger partial charge in [0.25, 0.3) is 0 Å². The predicted octanol–water partition coefficient (Wildman–Crippen LogP) is 0.452. The van der Waals surface area contributed by atoms with Gasteiger partial charge in [0.15, 0.2) is 0 Å². The molecule has 2 rings (SSSR count). The third-order valence-corrected chi connectivity index (χ3v) is 3.46. The molecular weight excluding hydrogens is 217 g/mol. The molecule has 0 spiro atoms. The van der Waals surface area contributed by atoms with Gasteiger partial charge in [0.05, 0.1) is 4.78 Å². The van der Waals surface area contributed by atoms with Crippen molar-refractivity contribution in [2.24, 2.45) is 0 Å². The Morgan fingerprint density at radius 2 is 2.07 bits per heavy atom. The first-order valence-electron chi connectivity index (χ1n) is 3.96. The fourth-order valence-electron chi connectivity index (χ4n) is 1.32. The molecule has 1 aromatic carbocycles. The van der Waals surface area contributed by atoms with Gasteiger partial charge < -0.3 is 15.8 Å². The quantitative estimate of drug-likeness (QED) is 0.421. The van der Waals surface area contributed by atoms with Crippen molar-refractivity contribution in [3.05, 3.63) is 18.2 Å². The summed E-state index contributed by atoms with van der Waals surface area (Å²) in [6.07, 6.45) is 0. The van der Waals surface area contributed by atoms with Gasteiger partial charge >= 0.3 is 7.12 Å². The number of hydrogen-bond acceptors (Lipinski definition) is 5. The van der Waals surface area contributed by atoms with E-state index in [2.05, 4.69) is 12.6 Å². The number of nitrogen functional groups attached to an aromatic ring is 1. The minimum atomic E-state index is -1.50. The van der Waals surface area contributed by atoms with Gasteiger partial charge in [-0.1, -0.05) is 6.07 Å². The summed E-state index contributed by atoms with van der Waals surface area (Å²) in [7, 11) is -1.50. The van der Waals surface area contributed by atoms with E-state index in [1.165, 1.54) is 11.3 Å². The molecule has 0 atom stereocenters. The minimum absolute atomic E-state index is 0.388. The Morgan fingerprint density at radius 3 is 2.71 bits per heavy atom. The van der Waals surface area contributed by atoms with Crippen LogP contribution in [0.1, 0.15) is 0 Å². The van der Waals surface area contributed by atoms with Gasteiger partial charge in [0.2, 0.25) is 0 Å². The maximum atomic E-state index is 9.04. The maximum absolute atomic E-state index is 9.04. The van der Waals surface area contributed by atoms with Gasteiger partial charge in [0, 0.05) is 20.7 Å². The van der Waals surface area contributed by atoms with E-state index in [0.717, 1.165) is 15.0 Å². The van der Waals surface area contributed by atoms with Crippen LogP contribution in [-0.4, -0.2) is 17.2 Å². The molecule has 3 nitrogen and oxygen atoms in total. The molecule has 0 aliphatic carbocycles. The third kappa shape index (κ3) is 1.50. The minimum Gasteiger partial charge on any atom is -0.423 e. The molecule has 4 N–H and O–H groups in total. The second-order valence-electron chi connectivity index (χ2n) is 2.93. The van der Waals surface area contributed by atoms with Crippen molar-refractivity contribution in [2.45, 2.75) is 4.90 Å². The average molecular weight is 225 g/mol. The fourth-order valence-corrected chi connectivity index (χ4v) is 2.64. The van der Waals surface area contributed by atoms with Crippen molar-refractivity contribution in [1.82, 2.24) is 0 Å². The van der Waals surface area contributed by atoms with Crippen LogP contribution < -0.4 is 10.5 Å². The van der Waals surface area contributed by atoms with Crippen molar-refractivity contribution < 1.29 is 10.0 Å². The Labute approximate surface area is 90.7 Å². The summed E-state index contributed by atoms with van der Waals surface area (Å²) >= 11 is 5.47. The van der Waals surface area contributed by atoms with Gasteiger partial charge in [-0.25, -0.2) is 0 Å². The summed E-state index contributed by atoms with van der Waals surface area (Å²) in [5.41, 5.74) is 6.19. The van der Waals surface area contributed by atoms with Crippen molar-refractivity contribution in [3.63, 3.8) is 0 Å². The van der Waals surface area contributed by atoms with E-state index in [1.54, 1.807) is 0 Å². The lowest BCUT2D eigenvalue weighted by atomic mass is 9.88. The summed E-state index contributed by atoms with van der Waals surface area (Å²) < 4.78 is 1.30. The zero-order valence-electron chi connectivity index (χ0n) is 7.14. The van der Waals surface area contributed by atoms with E-state index in [4.69, 9.17) is 15.8 Å². The first kappa shape index (κ1) is 9.85. The Bertz CT molecular complexity index is 483. The number of nitrogens with two attached hydrogens (primary N) is 1. The molecule has 0 saturated heterocycles. The van der Waals surface area contributed by atoms with Crippen LogP contribution in [0.5, 0.6) is 0 Å². The zero-order chi connectivity index (χ0) is 10.3. The summed E-state index contributed by atoms with van der Waals surface area (Å²) in [5, 5.41) is 18.9. The highest BCUT2D eigenvalue weighted by atomic mass is 32.1. The van der Waals surface area contributed by atoms with Crippen molar-refractivity contribution >= 4 is 51.6 Å². The number of thiol groups is 1. The van der Waals surface area contributed by atoms with Crippen molar-refractivity contribution in [3.8, 4) is 0 Å². The molecular formula is C8H8BNO2S2. The molecule has 0 aliphatic rings. The highest BCUT2D eigenvalue weighted by Crippen LogP contribution is 2.28. The fraction of sp³-hybridized carbons (Fsp3) is 0. The molecule has 0 fully saturated rings. The molecule has 0 unspecified atom stereocenters. The van der Waals surface area contributed by atoms with Crippen LogP contribution in [0.25, 0.3) is 10.1 Å². The Kier molecular flexibility index (Phi) is 2.44. The molecule has 0 amide bonds. The zero-order valence-corrected chi connectivity index (χ0v) is 8.85. The summed E-state index contributed by atoms with van der Waals surface area (Å²) in [6, 6.07) is 5.50. The predicted molar refractivity (Wildman–Crippen MR) is 63.3 cm³/mol. The lowest BCUT2D eigenvalue weighted by Gasteiger charge is -1.95. The smallest absolute Gasteiger partial charge is 0.423 e. The van der Waals surface area contributed by atoms with Gasteiger partial charge in [-0.2, -0.15) is 0 Å². The van der Waals surface area contributed by atoms with E-state index in [9.17, 15) is 0 Å². The van der Waals surface area contributed by atoms with Crippen LogP contribution in [0.15, 0.2) is 23.1 Å². The van der Waals surface area contributed by atoms with Crippen molar-refractivity contribution in [1.29, 1.82) is 0 Å². The summed E-state index contributed by atoms with van der Waals surface area (Å²) in [6.45, 7) is 0. The van der Waals surface area contributed by atoms with E-state index in [1.807, 2.05) is 18.2 Å². The van der Waals surface area contributed by atoms with Crippen LogP contribution in [-0.2, 0) is 0 Å². The Morgan fingerprint density at radius 1 is 1.36 bits per heavy atom. The third-order valence-electron chi connectivity index (χ3n) is 1.98. The molecule has 0 saturated carbocycles. The highest BCUT2D eigenvalue weighted by molar-refractivity contribution is 7.80. The van der Waals surface area contributed by atoms with Crippen molar-refractivity contribution in [2.75, 3.05) is 5.73 Å². The van der Waals surface area contributed by atoms with Crippen LogP contribution in [0.3, 0.4) is 0 Å². The van der Waals surface area contributed by atoms with E-state index < -0.39 is 7.12 Å². The molecule has 0 radical (unpaired) electrons. The van der Waals surface area contributed by atoms with Crippen LogP contribution >= 0.6 is 24.0 Å². The van der Waals surface area contributed by atoms with E-state index in [-0.39, 0.29) is 0 Å². The number of hydrogen-bond donors (Lipinski definition) is 4. The topological polar surface area (TPSA) is 66.5 Å².